The van der Waals surface area contributed by atoms with Gasteiger partial charge in [-0.05, 0) is 12.8 Å². The number of anilines is 1. The van der Waals surface area contributed by atoms with Gasteiger partial charge in [-0.25, -0.2) is 4.98 Å². The van der Waals surface area contributed by atoms with Gasteiger partial charge in [-0.2, -0.15) is 0 Å². The van der Waals surface area contributed by atoms with Crippen molar-refractivity contribution in [3.05, 3.63) is 60.5 Å². The predicted octanol–water partition coefficient (Wildman–Crippen LogP) is 3.67. The van der Waals surface area contributed by atoms with Crippen molar-refractivity contribution < 1.29 is 14.4 Å². The van der Waals surface area contributed by atoms with E-state index in [9.17, 15) is 14.4 Å². The molecule has 2 aliphatic rings. The van der Waals surface area contributed by atoms with Crippen molar-refractivity contribution in [2.45, 2.75) is 19.3 Å². The van der Waals surface area contributed by atoms with Gasteiger partial charge < -0.3 is 0 Å². The summed E-state index contributed by atoms with van der Waals surface area (Å²) in [5.41, 5.74) is 1.79. The van der Waals surface area contributed by atoms with E-state index in [1.165, 1.54) is 16.2 Å². The maximum absolute atomic E-state index is 12.9. The Morgan fingerprint density at radius 2 is 1.83 bits per heavy atom. The first kappa shape index (κ1) is 20.2. The molecule has 2 atom stereocenters. The van der Waals surface area contributed by atoms with Gasteiger partial charge in [0.25, 0.3) is 0 Å². The summed E-state index contributed by atoms with van der Waals surface area (Å²) < 4.78 is 0. The van der Waals surface area contributed by atoms with Crippen LogP contribution in [0.25, 0.3) is 11.3 Å². The number of amides is 3. The van der Waals surface area contributed by atoms with Crippen LogP contribution in [0.3, 0.4) is 0 Å². The summed E-state index contributed by atoms with van der Waals surface area (Å²) in [7, 11) is 0. The van der Waals surface area contributed by atoms with Crippen molar-refractivity contribution in [3.63, 3.8) is 0 Å². The van der Waals surface area contributed by atoms with Gasteiger partial charge >= 0.3 is 0 Å². The Balaban J connectivity index is 1.44. The van der Waals surface area contributed by atoms with Crippen molar-refractivity contribution in [3.8, 4) is 11.3 Å². The third kappa shape index (κ3) is 3.85. The third-order valence-corrected chi connectivity index (χ3v) is 6.42. The molecule has 30 heavy (non-hydrogen) atoms. The minimum absolute atomic E-state index is 0.0679. The van der Waals surface area contributed by atoms with Crippen molar-refractivity contribution in [1.82, 2.24) is 9.88 Å². The molecule has 1 saturated heterocycles. The first-order valence-corrected chi connectivity index (χ1v) is 10.9. The maximum Gasteiger partial charge on any atom is 0.233 e. The number of imide groups is 1. The number of hydrogen-bond donors (Lipinski definition) is 0. The molecule has 1 aromatic heterocycles. The highest BCUT2D eigenvalue weighted by Crippen LogP contribution is 2.35. The number of carbonyl (C=O) groups excluding carboxylic acids is 3. The average Bonchev–Trinajstić information content (AvgIpc) is 3.35. The highest BCUT2D eigenvalue weighted by Gasteiger charge is 2.47. The van der Waals surface area contributed by atoms with Gasteiger partial charge in [0, 0.05) is 30.5 Å². The summed E-state index contributed by atoms with van der Waals surface area (Å²) in [6, 6.07) is 9.77. The molecule has 0 unspecified atom stereocenters. The highest BCUT2D eigenvalue weighted by molar-refractivity contribution is 7.14. The van der Waals surface area contributed by atoms with Crippen LogP contribution in [0.4, 0.5) is 5.13 Å². The van der Waals surface area contributed by atoms with E-state index in [0.717, 1.165) is 11.3 Å². The van der Waals surface area contributed by atoms with Gasteiger partial charge in [-0.3, -0.25) is 24.2 Å². The number of nitrogens with zero attached hydrogens (tertiary/aromatic N) is 3. The molecule has 154 valence electrons. The molecule has 1 aliphatic heterocycles. The zero-order valence-corrected chi connectivity index (χ0v) is 17.4. The zero-order valence-electron chi connectivity index (χ0n) is 16.6. The van der Waals surface area contributed by atoms with Gasteiger partial charge in [0.15, 0.2) is 5.13 Å². The van der Waals surface area contributed by atoms with Crippen LogP contribution in [0.2, 0.25) is 0 Å². The molecule has 3 amide bonds. The van der Waals surface area contributed by atoms with Gasteiger partial charge in [-0.15, -0.1) is 17.9 Å². The largest absolute Gasteiger partial charge is 0.284 e. The topological polar surface area (TPSA) is 70.6 Å². The van der Waals surface area contributed by atoms with E-state index < -0.39 is 0 Å². The average molecular weight is 422 g/mol. The molecule has 0 radical (unpaired) electrons. The first-order valence-electron chi connectivity index (χ1n) is 10.0. The zero-order chi connectivity index (χ0) is 21.1. The molecule has 0 spiro atoms. The van der Waals surface area contributed by atoms with E-state index in [2.05, 4.69) is 11.6 Å². The van der Waals surface area contributed by atoms with E-state index in [1.54, 1.807) is 11.0 Å². The van der Waals surface area contributed by atoms with Crippen LogP contribution in [0.15, 0.2) is 60.5 Å². The summed E-state index contributed by atoms with van der Waals surface area (Å²) in [4.78, 5) is 45.6. The fourth-order valence-corrected chi connectivity index (χ4v) is 4.84. The molecule has 0 saturated carbocycles. The molecule has 2 aromatic rings. The van der Waals surface area contributed by atoms with Gasteiger partial charge in [0.2, 0.25) is 17.7 Å². The molecule has 0 bridgehead atoms. The Kier molecular flexibility index (Phi) is 5.90. The molecular formula is C23H23N3O3S. The Bertz CT molecular complexity index is 972. The number of hydrogen-bond acceptors (Lipinski definition) is 5. The molecule has 1 aliphatic carbocycles. The van der Waals surface area contributed by atoms with E-state index in [0.29, 0.717) is 24.5 Å². The Morgan fingerprint density at radius 1 is 1.17 bits per heavy atom. The predicted molar refractivity (Wildman–Crippen MR) is 117 cm³/mol. The molecule has 1 aromatic carbocycles. The van der Waals surface area contributed by atoms with E-state index >= 15 is 0 Å². The van der Waals surface area contributed by atoms with Crippen LogP contribution in [0.5, 0.6) is 0 Å². The van der Waals surface area contributed by atoms with Crippen LogP contribution in [0, 0.1) is 11.8 Å². The van der Waals surface area contributed by atoms with Crippen LogP contribution >= 0.6 is 11.3 Å². The lowest BCUT2D eigenvalue weighted by molar-refractivity contribution is -0.140. The van der Waals surface area contributed by atoms with Crippen molar-refractivity contribution >= 4 is 34.2 Å². The molecule has 4 rings (SSSR count). The number of likely N-dealkylation sites (tertiary alicyclic amines) is 1. The molecule has 6 nitrogen and oxygen atoms in total. The van der Waals surface area contributed by atoms with Gasteiger partial charge in [0.05, 0.1) is 17.5 Å². The Morgan fingerprint density at radius 3 is 2.47 bits per heavy atom. The molecular weight excluding hydrogens is 398 g/mol. The van der Waals surface area contributed by atoms with Crippen LogP contribution < -0.4 is 4.90 Å². The van der Waals surface area contributed by atoms with Crippen LogP contribution in [0.1, 0.15) is 19.3 Å². The highest BCUT2D eigenvalue weighted by atomic mass is 32.1. The van der Waals surface area contributed by atoms with Gasteiger partial charge in [-0.1, -0.05) is 48.6 Å². The standard InChI is InChI=1S/C23H23N3O3S/c1-2-13-25(23-24-19(15-30-23)16-8-4-3-5-9-16)20(27)12-14-26-21(28)17-10-6-7-11-18(17)22(26)29/h2-9,15,17-18H,1,10-14H2/t17-,18-/m1/s1. The van der Waals surface area contributed by atoms with Gasteiger partial charge in [0.1, 0.15) is 0 Å². The van der Waals surface area contributed by atoms with E-state index in [1.807, 2.05) is 47.9 Å². The fourth-order valence-electron chi connectivity index (χ4n) is 3.98. The summed E-state index contributed by atoms with van der Waals surface area (Å²) in [5.74, 6) is -1.03. The van der Waals surface area contributed by atoms with Crippen molar-refractivity contribution in [1.29, 1.82) is 0 Å². The van der Waals surface area contributed by atoms with Crippen LogP contribution in [-0.2, 0) is 14.4 Å². The lowest BCUT2D eigenvalue weighted by Gasteiger charge is -2.20. The number of rotatable bonds is 7. The quantitative estimate of drug-likeness (QED) is 0.505. The number of fused-ring (bicyclic) bond motifs is 1. The lowest BCUT2D eigenvalue weighted by Crippen LogP contribution is -2.37. The number of allylic oxidation sites excluding steroid dienone is 2. The van der Waals surface area contributed by atoms with Crippen molar-refractivity contribution in [2.24, 2.45) is 11.8 Å². The minimum Gasteiger partial charge on any atom is -0.284 e. The second-order valence-electron chi connectivity index (χ2n) is 7.41. The number of aromatic nitrogens is 1. The Hall–Kier alpha value is -3.06. The summed E-state index contributed by atoms with van der Waals surface area (Å²) >= 11 is 1.39. The molecule has 7 heteroatoms. The summed E-state index contributed by atoms with van der Waals surface area (Å²) in [5, 5.41) is 2.50. The number of thiazole rings is 1. The SMILES string of the molecule is C=CCN(C(=O)CCN1C(=O)[C@@H]2CC=CC[C@H]2C1=O)c1nc(-c2ccccc2)cs1. The first-order chi connectivity index (χ1) is 14.6. The summed E-state index contributed by atoms with van der Waals surface area (Å²) in [6.45, 7) is 4.16. The van der Waals surface area contributed by atoms with Crippen LogP contribution in [-0.4, -0.2) is 40.7 Å². The van der Waals surface area contributed by atoms with Crippen molar-refractivity contribution in [2.75, 3.05) is 18.0 Å². The fraction of sp³-hybridized carbons (Fsp3) is 0.304. The summed E-state index contributed by atoms with van der Waals surface area (Å²) in [6.07, 6.45) is 6.83. The Labute approximate surface area is 179 Å². The maximum atomic E-state index is 12.9. The molecule has 1 fully saturated rings. The number of carbonyl (C=O) groups is 3. The minimum atomic E-state index is -0.269. The number of benzene rings is 1. The monoisotopic (exact) mass is 421 g/mol. The second kappa shape index (κ2) is 8.75. The van der Waals surface area contributed by atoms with E-state index in [-0.39, 0.29) is 42.5 Å². The smallest absolute Gasteiger partial charge is 0.233 e. The molecule has 2 heterocycles. The molecule has 0 N–H and O–H groups in total. The third-order valence-electron chi connectivity index (χ3n) is 5.55. The lowest BCUT2D eigenvalue weighted by atomic mass is 9.85. The van der Waals surface area contributed by atoms with E-state index in [4.69, 9.17) is 0 Å². The normalized spacial score (nSPS) is 20.3. The second-order valence-corrected chi connectivity index (χ2v) is 8.24.